The number of rotatable bonds is 7. The summed E-state index contributed by atoms with van der Waals surface area (Å²) < 4.78 is 8.56. The van der Waals surface area contributed by atoms with Gasteiger partial charge in [-0.2, -0.15) is 14.8 Å². The highest BCUT2D eigenvalue weighted by Crippen LogP contribution is 2.23. The maximum Gasteiger partial charge on any atom is 0.225 e. The summed E-state index contributed by atoms with van der Waals surface area (Å²) >= 11 is 0. The number of aromatic nitrogens is 8. The lowest BCUT2D eigenvalue weighted by Gasteiger charge is -2.11. The molecule has 0 bridgehead atoms. The average Bonchev–Trinajstić information content (AvgIpc) is 3.52. The van der Waals surface area contributed by atoms with E-state index < -0.39 is 0 Å². The summed E-state index contributed by atoms with van der Waals surface area (Å²) in [5, 5.41) is 25.7. The van der Waals surface area contributed by atoms with Crippen LogP contribution in [-0.4, -0.2) is 70.7 Å². The number of nitrogens with one attached hydrogen (secondary N) is 1. The Morgan fingerprint density at radius 2 is 2.13 bits per heavy atom. The summed E-state index contributed by atoms with van der Waals surface area (Å²) in [5.41, 5.74) is 3.68. The molecule has 0 saturated heterocycles. The number of pyridine rings is 1. The molecule has 0 radical (unpaired) electrons. The zero-order valence-corrected chi connectivity index (χ0v) is 17.1. The Hall–Kier alpha value is -3.44. The molecule has 160 valence electrons. The van der Waals surface area contributed by atoms with E-state index in [1.54, 1.807) is 30.4 Å². The third-order valence-electron chi connectivity index (χ3n) is 5.38. The predicted octanol–water partition coefficient (Wildman–Crippen LogP) is 1.44. The summed E-state index contributed by atoms with van der Waals surface area (Å²) in [4.78, 5) is 13.5. The summed E-state index contributed by atoms with van der Waals surface area (Å²) in [7, 11) is 1.67. The Bertz CT molecular complexity index is 1170. The number of aliphatic hydroxyl groups excluding tert-OH is 1. The van der Waals surface area contributed by atoms with Crippen LogP contribution in [-0.2, 0) is 11.3 Å². The Labute approximate surface area is 178 Å². The number of methoxy groups -OCH3 is 1. The minimum atomic E-state index is -0.259. The lowest BCUT2D eigenvalue weighted by molar-refractivity contribution is 0.182. The summed E-state index contributed by atoms with van der Waals surface area (Å²) in [6.45, 7) is 1.29. The van der Waals surface area contributed by atoms with Crippen molar-refractivity contribution in [3.8, 4) is 16.9 Å². The molecular formula is C20H23N9O2. The van der Waals surface area contributed by atoms with Crippen molar-refractivity contribution >= 4 is 17.1 Å². The van der Waals surface area contributed by atoms with Gasteiger partial charge >= 0.3 is 0 Å². The second-order valence-electron chi connectivity index (χ2n) is 7.60. The second kappa shape index (κ2) is 8.36. The first-order valence-electron chi connectivity index (χ1n) is 10.2. The lowest BCUT2D eigenvalue weighted by Crippen LogP contribution is -2.18. The van der Waals surface area contributed by atoms with Crippen LogP contribution in [0.15, 0.2) is 36.9 Å². The van der Waals surface area contributed by atoms with Gasteiger partial charge in [0.05, 0.1) is 49.2 Å². The van der Waals surface area contributed by atoms with Crippen molar-refractivity contribution in [2.75, 3.05) is 19.0 Å². The van der Waals surface area contributed by atoms with E-state index in [2.05, 4.69) is 35.7 Å². The van der Waals surface area contributed by atoms with Crippen molar-refractivity contribution < 1.29 is 9.84 Å². The normalized spacial score (nSPS) is 18.6. The lowest BCUT2D eigenvalue weighted by atomic mass is 10.2. The third kappa shape index (κ3) is 4.09. The Morgan fingerprint density at radius 3 is 2.90 bits per heavy atom. The number of aliphatic hydroxyl groups is 1. The van der Waals surface area contributed by atoms with Crippen molar-refractivity contribution in [1.82, 2.24) is 39.7 Å². The first kappa shape index (κ1) is 19.5. The van der Waals surface area contributed by atoms with E-state index in [4.69, 9.17) is 4.74 Å². The van der Waals surface area contributed by atoms with Crippen LogP contribution in [0.1, 0.15) is 19.3 Å². The first-order chi connectivity index (χ1) is 15.2. The van der Waals surface area contributed by atoms with Gasteiger partial charge in [0.25, 0.3) is 0 Å². The topological polar surface area (TPSA) is 129 Å². The molecule has 4 aromatic heterocycles. The predicted molar refractivity (Wildman–Crippen MR) is 113 cm³/mol. The van der Waals surface area contributed by atoms with Gasteiger partial charge < -0.3 is 15.2 Å². The van der Waals surface area contributed by atoms with Gasteiger partial charge in [0, 0.05) is 24.9 Å². The van der Waals surface area contributed by atoms with E-state index >= 15 is 0 Å². The number of hydrogen-bond acceptors (Lipinski definition) is 9. The fourth-order valence-electron chi connectivity index (χ4n) is 3.73. The number of anilines is 1. The molecule has 2 N–H and O–H groups in total. The summed E-state index contributed by atoms with van der Waals surface area (Å²) in [5.74, 6) is 0.503. The Morgan fingerprint density at radius 1 is 1.19 bits per heavy atom. The van der Waals surface area contributed by atoms with Crippen LogP contribution in [0.5, 0.6) is 0 Å². The molecule has 5 rings (SSSR count). The van der Waals surface area contributed by atoms with Crippen LogP contribution in [0.25, 0.3) is 28.1 Å². The van der Waals surface area contributed by atoms with Crippen LogP contribution in [0.4, 0.5) is 5.95 Å². The van der Waals surface area contributed by atoms with E-state index in [0.717, 1.165) is 29.8 Å². The van der Waals surface area contributed by atoms with E-state index in [0.29, 0.717) is 36.7 Å². The molecule has 1 saturated carbocycles. The highest BCUT2D eigenvalue weighted by Gasteiger charge is 2.23. The maximum atomic E-state index is 9.73. The van der Waals surface area contributed by atoms with Crippen molar-refractivity contribution in [2.45, 2.75) is 38.0 Å². The SMILES string of the molecule is COCCn1cc(-c2ccc(-n3nnc4cnc(NC5CCC(O)C5)nc43)cn2)cn1. The Kier molecular flexibility index (Phi) is 5.26. The van der Waals surface area contributed by atoms with Crippen molar-refractivity contribution in [3.05, 3.63) is 36.9 Å². The molecule has 1 aliphatic carbocycles. The fourth-order valence-corrected chi connectivity index (χ4v) is 3.73. The molecule has 0 amide bonds. The first-order valence-corrected chi connectivity index (χ1v) is 10.2. The van der Waals surface area contributed by atoms with Crippen molar-refractivity contribution in [3.63, 3.8) is 0 Å². The highest BCUT2D eigenvalue weighted by molar-refractivity contribution is 5.72. The largest absolute Gasteiger partial charge is 0.393 e. The fraction of sp³-hybridized carbons (Fsp3) is 0.400. The van der Waals surface area contributed by atoms with Crippen molar-refractivity contribution in [1.29, 1.82) is 0 Å². The third-order valence-corrected chi connectivity index (χ3v) is 5.38. The molecule has 0 aromatic carbocycles. The van der Waals surface area contributed by atoms with Crippen LogP contribution in [0.3, 0.4) is 0 Å². The number of nitrogens with zero attached hydrogens (tertiary/aromatic N) is 8. The number of ether oxygens (including phenoxy) is 1. The Balaban J connectivity index is 1.37. The van der Waals surface area contributed by atoms with Gasteiger partial charge in [-0.05, 0) is 31.4 Å². The minimum Gasteiger partial charge on any atom is -0.393 e. The van der Waals surface area contributed by atoms with E-state index in [1.807, 2.05) is 23.0 Å². The van der Waals surface area contributed by atoms with Crippen LogP contribution in [0.2, 0.25) is 0 Å². The molecule has 0 aliphatic heterocycles. The van der Waals surface area contributed by atoms with Crippen LogP contribution in [0, 0.1) is 0 Å². The molecule has 11 nitrogen and oxygen atoms in total. The van der Waals surface area contributed by atoms with Gasteiger partial charge in [0.2, 0.25) is 5.95 Å². The van der Waals surface area contributed by atoms with Gasteiger partial charge in [-0.15, -0.1) is 5.10 Å². The molecule has 1 aliphatic rings. The molecule has 0 spiro atoms. The standard InChI is InChI=1S/C20H23N9O2/c1-31-7-6-28-12-13(9-23-28)17-5-3-15(10-21-17)29-19-18(26-27-29)11-22-20(25-19)24-14-2-4-16(30)8-14/h3,5,9-12,14,16,30H,2,4,6-8H2,1H3,(H,22,24,25). The summed E-state index contributed by atoms with van der Waals surface area (Å²) in [6, 6.07) is 4.01. The second-order valence-corrected chi connectivity index (χ2v) is 7.60. The van der Waals surface area contributed by atoms with Crippen LogP contribution < -0.4 is 5.32 Å². The van der Waals surface area contributed by atoms with E-state index in [1.165, 1.54) is 0 Å². The molecule has 31 heavy (non-hydrogen) atoms. The molecule has 4 aromatic rings. The van der Waals surface area contributed by atoms with E-state index in [9.17, 15) is 5.11 Å². The van der Waals surface area contributed by atoms with Gasteiger partial charge in [0.1, 0.15) is 0 Å². The zero-order chi connectivity index (χ0) is 21.2. The minimum absolute atomic E-state index is 0.169. The van der Waals surface area contributed by atoms with Gasteiger partial charge in [-0.25, -0.2) is 4.98 Å². The molecule has 1 fully saturated rings. The molecular weight excluding hydrogens is 398 g/mol. The molecule has 2 unspecified atom stereocenters. The maximum absolute atomic E-state index is 9.73. The monoisotopic (exact) mass is 421 g/mol. The highest BCUT2D eigenvalue weighted by atomic mass is 16.5. The molecule has 11 heteroatoms. The smallest absolute Gasteiger partial charge is 0.225 e. The summed E-state index contributed by atoms with van der Waals surface area (Å²) in [6.07, 6.45) is 9.24. The molecule has 4 heterocycles. The van der Waals surface area contributed by atoms with Crippen LogP contribution >= 0.6 is 0 Å². The van der Waals surface area contributed by atoms with Crippen molar-refractivity contribution in [2.24, 2.45) is 0 Å². The average molecular weight is 421 g/mol. The molecule has 2 atom stereocenters. The quantitative estimate of drug-likeness (QED) is 0.455. The number of fused-ring (bicyclic) bond motifs is 1. The zero-order valence-electron chi connectivity index (χ0n) is 17.1. The van der Waals surface area contributed by atoms with E-state index in [-0.39, 0.29) is 12.1 Å². The van der Waals surface area contributed by atoms with Gasteiger partial charge in [-0.1, -0.05) is 5.21 Å². The van der Waals surface area contributed by atoms with Gasteiger partial charge in [0.15, 0.2) is 11.2 Å². The number of hydrogen-bond donors (Lipinski definition) is 2. The van der Waals surface area contributed by atoms with Gasteiger partial charge in [-0.3, -0.25) is 9.67 Å².